The first-order valence-electron chi connectivity index (χ1n) is 12.2. The van der Waals surface area contributed by atoms with Gasteiger partial charge in [-0.15, -0.1) is 0 Å². The van der Waals surface area contributed by atoms with E-state index in [2.05, 4.69) is 14.9 Å². The summed E-state index contributed by atoms with van der Waals surface area (Å²) in [4.78, 5) is 25.8. The number of methoxy groups -OCH3 is 1. The number of rotatable bonds is 7. The number of nitrogens with zero attached hydrogens (tertiary/aromatic N) is 4. The Hall–Kier alpha value is -3.53. The number of carbonyl (C=O) groups excluding carboxylic acids is 1. The maximum atomic E-state index is 13.3. The Balaban J connectivity index is 1.29. The number of para-hydroxylation sites is 1. The van der Waals surface area contributed by atoms with Gasteiger partial charge in [-0.25, -0.2) is 8.42 Å². The van der Waals surface area contributed by atoms with Crippen LogP contribution in [-0.4, -0.2) is 67.4 Å². The molecule has 0 aliphatic carbocycles. The van der Waals surface area contributed by atoms with Crippen LogP contribution in [0.1, 0.15) is 21.5 Å². The van der Waals surface area contributed by atoms with Crippen LogP contribution in [0.2, 0.25) is 5.02 Å². The van der Waals surface area contributed by atoms with Crippen molar-refractivity contribution in [1.82, 2.24) is 19.8 Å². The first-order valence-corrected chi connectivity index (χ1v) is 14.2. The highest BCUT2D eigenvalue weighted by molar-refractivity contribution is 7.90. The molecule has 1 saturated heterocycles. The third kappa shape index (κ3) is 5.50. The number of benzene rings is 2. The number of carbonyl (C=O) groups is 1. The molecule has 5 rings (SSSR count). The van der Waals surface area contributed by atoms with Gasteiger partial charge in [0.2, 0.25) is 0 Å². The summed E-state index contributed by atoms with van der Waals surface area (Å²) >= 11 is 6.24. The molecule has 38 heavy (non-hydrogen) atoms. The van der Waals surface area contributed by atoms with Crippen molar-refractivity contribution >= 4 is 38.2 Å². The third-order valence-electron chi connectivity index (χ3n) is 6.72. The van der Waals surface area contributed by atoms with Crippen LogP contribution in [0, 0.1) is 0 Å². The number of piperazine rings is 1. The average molecular weight is 551 g/mol. The van der Waals surface area contributed by atoms with Gasteiger partial charge in [0.1, 0.15) is 5.75 Å². The molecule has 3 heterocycles. The van der Waals surface area contributed by atoms with E-state index < -0.39 is 9.84 Å². The minimum Gasteiger partial charge on any atom is -0.496 e. The van der Waals surface area contributed by atoms with Gasteiger partial charge in [0, 0.05) is 67.8 Å². The van der Waals surface area contributed by atoms with Crippen LogP contribution in [0.5, 0.6) is 5.75 Å². The van der Waals surface area contributed by atoms with E-state index >= 15 is 0 Å². The summed E-state index contributed by atoms with van der Waals surface area (Å²) in [7, 11) is -2.24. The lowest BCUT2D eigenvalue weighted by molar-refractivity contribution is 0.0628. The van der Waals surface area contributed by atoms with Crippen molar-refractivity contribution in [2.45, 2.75) is 17.2 Å². The Bertz CT molecular complexity index is 1580. The number of hydrogen-bond donors (Lipinski definition) is 0. The molecule has 4 aromatic rings. The van der Waals surface area contributed by atoms with Crippen molar-refractivity contribution in [2.75, 3.05) is 33.3 Å². The molecule has 1 aliphatic rings. The standard InChI is InChI=1S/C28H27ClN4O4S/c1-37-25-16-21(28(34)33-14-12-32(13-15-33)18-22-9-11-30-17-24(22)29)7-8-23(25)19-38(35,36)26-6-2-4-20-5-3-10-31-27(20)26/h2-11,16-17H,12-15,18-19H2,1H3. The van der Waals surface area contributed by atoms with Gasteiger partial charge in [0.05, 0.1) is 28.3 Å². The Morgan fingerprint density at radius 3 is 2.55 bits per heavy atom. The van der Waals surface area contributed by atoms with Crippen LogP contribution < -0.4 is 4.74 Å². The first kappa shape index (κ1) is 26.1. The fourth-order valence-corrected chi connectivity index (χ4v) is 6.40. The molecule has 1 aliphatic heterocycles. The summed E-state index contributed by atoms with van der Waals surface area (Å²) in [6.45, 7) is 3.29. The monoisotopic (exact) mass is 550 g/mol. The van der Waals surface area contributed by atoms with Gasteiger partial charge in [0.15, 0.2) is 9.84 Å². The number of pyridine rings is 2. The third-order valence-corrected chi connectivity index (χ3v) is 8.75. The molecule has 0 atom stereocenters. The van der Waals surface area contributed by atoms with E-state index in [1.54, 1.807) is 59.9 Å². The zero-order valence-electron chi connectivity index (χ0n) is 20.9. The molecule has 2 aromatic heterocycles. The second kappa shape index (κ2) is 11.1. The predicted octanol–water partition coefficient (Wildman–Crippen LogP) is 4.22. The van der Waals surface area contributed by atoms with Crippen LogP contribution in [-0.2, 0) is 22.1 Å². The summed E-state index contributed by atoms with van der Waals surface area (Å²) in [6.07, 6.45) is 4.94. The normalized spacial score (nSPS) is 14.5. The maximum Gasteiger partial charge on any atom is 0.254 e. The van der Waals surface area contributed by atoms with Crippen LogP contribution in [0.15, 0.2) is 78.1 Å². The maximum absolute atomic E-state index is 13.3. The molecule has 1 amide bonds. The van der Waals surface area contributed by atoms with Gasteiger partial charge in [-0.1, -0.05) is 35.9 Å². The van der Waals surface area contributed by atoms with Crippen LogP contribution >= 0.6 is 11.6 Å². The van der Waals surface area contributed by atoms with E-state index in [0.29, 0.717) is 47.1 Å². The van der Waals surface area contributed by atoms with Gasteiger partial charge in [-0.05, 0) is 35.9 Å². The summed E-state index contributed by atoms with van der Waals surface area (Å²) < 4.78 is 32.2. The molecule has 10 heteroatoms. The molecule has 0 saturated carbocycles. The van der Waals surface area contributed by atoms with Crippen LogP contribution in [0.25, 0.3) is 10.9 Å². The lowest BCUT2D eigenvalue weighted by Gasteiger charge is -2.35. The van der Waals surface area contributed by atoms with Gasteiger partial charge in [-0.2, -0.15) is 0 Å². The first-order chi connectivity index (χ1) is 18.4. The highest BCUT2D eigenvalue weighted by Gasteiger charge is 2.25. The second-order valence-corrected chi connectivity index (χ2v) is 11.5. The predicted molar refractivity (Wildman–Crippen MR) is 146 cm³/mol. The lowest BCUT2D eigenvalue weighted by Crippen LogP contribution is -2.48. The smallest absolute Gasteiger partial charge is 0.254 e. The average Bonchev–Trinajstić information content (AvgIpc) is 2.94. The summed E-state index contributed by atoms with van der Waals surface area (Å²) in [5.74, 6) is -0.0209. The van der Waals surface area contributed by atoms with E-state index in [1.165, 1.54) is 7.11 Å². The van der Waals surface area contributed by atoms with Gasteiger partial charge >= 0.3 is 0 Å². The van der Waals surface area contributed by atoms with Gasteiger partial charge in [-0.3, -0.25) is 19.7 Å². The largest absolute Gasteiger partial charge is 0.496 e. The topological polar surface area (TPSA) is 92.7 Å². The number of halogens is 1. The summed E-state index contributed by atoms with van der Waals surface area (Å²) in [6, 6.07) is 15.6. The fraction of sp³-hybridized carbons (Fsp3) is 0.250. The zero-order chi connectivity index (χ0) is 26.7. The molecule has 0 unspecified atom stereocenters. The number of ether oxygens (including phenoxy) is 1. The number of fused-ring (bicyclic) bond motifs is 1. The minimum atomic E-state index is -3.72. The van der Waals surface area contributed by atoms with Crippen molar-refractivity contribution < 1.29 is 17.9 Å². The highest BCUT2D eigenvalue weighted by atomic mass is 35.5. The number of aromatic nitrogens is 2. The van der Waals surface area contributed by atoms with Crippen LogP contribution in [0.4, 0.5) is 0 Å². The van der Waals surface area contributed by atoms with E-state index in [0.717, 1.165) is 24.0 Å². The van der Waals surface area contributed by atoms with Crippen molar-refractivity contribution in [3.8, 4) is 5.75 Å². The molecule has 0 bridgehead atoms. The SMILES string of the molecule is COc1cc(C(=O)N2CCN(Cc3ccncc3Cl)CC2)ccc1CS(=O)(=O)c1cccc2cccnc12. The Kier molecular flexibility index (Phi) is 7.60. The Morgan fingerprint density at radius 1 is 1.00 bits per heavy atom. The fourth-order valence-electron chi connectivity index (χ4n) is 4.67. The quantitative estimate of drug-likeness (QED) is 0.340. The molecule has 2 aromatic carbocycles. The van der Waals surface area contributed by atoms with E-state index in [9.17, 15) is 13.2 Å². The molecule has 196 valence electrons. The second-order valence-electron chi connectivity index (χ2n) is 9.15. The number of amides is 1. The number of hydrogen-bond acceptors (Lipinski definition) is 7. The molecule has 8 nitrogen and oxygen atoms in total. The van der Waals surface area contributed by atoms with Crippen molar-refractivity contribution in [3.63, 3.8) is 0 Å². The van der Waals surface area contributed by atoms with Crippen molar-refractivity contribution in [3.05, 3.63) is 94.9 Å². The highest BCUT2D eigenvalue weighted by Crippen LogP contribution is 2.29. The molecule has 1 fully saturated rings. The molecular weight excluding hydrogens is 524 g/mol. The van der Waals surface area contributed by atoms with E-state index in [-0.39, 0.29) is 16.6 Å². The van der Waals surface area contributed by atoms with E-state index in [4.69, 9.17) is 16.3 Å². The van der Waals surface area contributed by atoms with Gasteiger partial charge in [0.25, 0.3) is 5.91 Å². The molecule has 0 N–H and O–H groups in total. The molecular formula is C28H27ClN4O4S. The molecule has 0 radical (unpaired) electrons. The summed E-state index contributed by atoms with van der Waals surface area (Å²) in [5.41, 5.74) is 2.39. The van der Waals surface area contributed by atoms with E-state index in [1.807, 2.05) is 18.2 Å². The summed E-state index contributed by atoms with van der Waals surface area (Å²) in [5, 5.41) is 1.39. The molecule has 0 spiro atoms. The number of sulfone groups is 1. The van der Waals surface area contributed by atoms with Gasteiger partial charge < -0.3 is 9.64 Å². The van der Waals surface area contributed by atoms with Crippen molar-refractivity contribution in [1.29, 1.82) is 0 Å². The zero-order valence-corrected chi connectivity index (χ0v) is 22.5. The Morgan fingerprint density at radius 2 is 1.79 bits per heavy atom. The van der Waals surface area contributed by atoms with Crippen molar-refractivity contribution in [2.24, 2.45) is 0 Å². The Labute approximate surface area is 226 Å². The lowest BCUT2D eigenvalue weighted by atomic mass is 10.1. The van der Waals surface area contributed by atoms with Crippen LogP contribution in [0.3, 0.4) is 0 Å². The minimum absolute atomic E-state index is 0.113.